The Labute approximate surface area is 111 Å². The number of hydrogen-bond acceptors (Lipinski definition) is 3. The molecule has 0 saturated carbocycles. The van der Waals surface area contributed by atoms with Crippen molar-refractivity contribution in [2.75, 3.05) is 5.32 Å². The molecule has 1 aliphatic heterocycles. The summed E-state index contributed by atoms with van der Waals surface area (Å²) in [5, 5.41) is 1.56. The van der Waals surface area contributed by atoms with E-state index in [-0.39, 0.29) is 12.1 Å². The fourth-order valence-electron chi connectivity index (χ4n) is 1.77. The normalized spacial score (nSPS) is 15.8. The van der Waals surface area contributed by atoms with E-state index in [2.05, 4.69) is 0 Å². The first kappa shape index (κ1) is 15.0. The second-order valence-electron chi connectivity index (χ2n) is 4.05. The van der Waals surface area contributed by atoms with Crippen LogP contribution in [0.2, 0.25) is 0 Å². The minimum atomic E-state index is -5.30. The highest BCUT2D eigenvalue weighted by molar-refractivity contribution is 6.71. The molecule has 1 N–H and O–H groups in total. The van der Waals surface area contributed by atoms with E-state index in [0.717, 1.165) is 0 Å². The highest BCUT2D eigenvalue weighted by Crippen LogP contribution is 2.41. The molecule has 0 fully saturated rings. The third-order valence-corrected chi connectivity index (χ3v) is 2.66. The molecule has 21 heavy (non-hydrogen) atoms. The van der Waals surface area contributed by atoms with E-state index in [0.29, 0.717) is 0 Å². The van der Waals surface area contributed by atoms with Crippen LogP contribution < -0.4 is 5.32 Å². The third-order valence-electron chi connectivity index (χ3n) is 2.66. The maximum Gasteiger partial charge on any atom is 0.417 e. The van der Waals surface area contributed by atoms with Gasteiger partial charge in [0, 0.05) is 0 Å². The zero-order valence-corrected chi connectivity index (χ0v) is 9.65. The Morgan fingerprint density at radius 2 is 1.38 bits per heavy atom. The number of hydrogen-bond donors (Lipinski definition) is 1. The SMILES string of the molecule is O=C1Nc2cc(C(F)(F)F)cc(C(F)(F)F)c2C(=O)C1=O. The number of anilines is 1. The van der Waals surface area contributed by atoms with Crippen LogP contribution in [0.3, 0.4) is 0 Å². The Morgan fingerprint density at radius 1 is 0.810 bits per heavy atom. The lowest BCUT2D eigenvalue weighted by molar-refractivity contribution is -0.143. The lowest BCUT2D eigenvalue weighted by atomic mass is 9.92. The molecule has 1 aromatic carbocycles. The van der Waals surface area contributed by atoms with E-state index in [9.17, 15) is 40.7 Å². The van der Waals surface area contributed by atoms with Crippen LogP contribution in [-0.2, 0) is 21.9 Å². The van der Waals surface area contributed by atoms with Gasteiger partial charge in [-0.2, -0.15) is 26.3 Å². The summed E-state index contributed by atoms with van der Waals surface area (Å²) >= 11 is 0. The number of carbonyl (C=O) groups excluding carboxylic acids is 3. The molecule has 1 heterocycles. The fraction of sp³-hybridized carbons (Fsp3) is 0.182. The molecule has 2 rings (SSSR count). The lowest BCUT2D eigenvalue weighted by Crippen LogP contribution is -2.37. The summed E-state index contributed by atoms with van der Waals surface area (Å²) in [6.45, 7) is 0. The van der Waals surface area contributed by atoms with Crippen molar-refractivity contribution in [2.45, 2.75) is 12.4 Å². The van der Waals surface area contributed by atoms with Gasteiger partial charge in [0.05, 0.1) is 22.4 Å². The van der Waals surface area contributed by atoms with Crippen LogP contribution in [0.4, 0.5) is 32.0 Å². The number of amides is 1. The highest BCUT2D eigenvalue weighted by atomic mass is 19.4. The van der Waals surface area contributed by atoms with Gasteiger partial charge >= 0.3 is 12.4 Å². The molecule has 1 aliphatic rings. The average molecular weight is 311 g/mol. The Kier molecular flexibility index (Phi) is 3.07. The van der Waals surface area contributed by atoms with Gasteiger partial charge in [0.2, 0.25) is 5.78 Å². The van der Waals surface area contributed by atoms with Crippen molar-refractivity contribution in [3.05, 3.63) is 28.8 Å². The quantitative estimate of drug-likeness (QED) is 0.591. The zero-order valence-electron chi connectivity index (χ0n) is 9.65. The summed E-state index contributed by atoms with van der Waals surface area (Å²) in [7, 11) is 0. The third kappa shape index (κ3) is 2.48. The number of Topliss-reactive ketones (excluding diaryl/α,β-unsaturated/α-hetero) is 2. The molecule has 1 amide bonds. The summed E-state index contributed by atoms with van der Waals surface area (Å²) < 4.78 is 76.1. The van der Waals surface area contributed by atoms with E-state index in [4.69, 9.17) is 0 Å². The topological polar surface area (TPSA) is 63.2 Å². The number of rotatable bonds is 0. The maximum absolute atomic E-state index is 12.8. The first-order valence-electron chi connectivity index (χ1n) is 5.15. The van der Waals surface area contributed by atoms with Gasteiger partial charge in [0.15, 0.2) is 0 Å². The van der Waals surface area contributed by atoms with Gasteiger partial charge in [-0.25, -0.2) is 0 Å². The molecule has 0 aliphatic carbocycles. The molecule has 112 valence electrons. The Hall–Kier alpha value is -2.39. The van der Waals surface area contributed by atoms with E-state index < -0.39 is 52.2 Å². The number of ketones is 2. The van der Waals surface area contributed by atoms with Gasteiger partial charge < -0.3 is 5.32 Å². The number of fused-ring (bicyclic) bond motifs is 1. The van der Waals surface area contributed by atoms with Gasteiger partial charge in [0.25, 0.3) is 11.7 Å². The molecule has 0 radical (unpaired) electrons. The molecule has 0 bridgehead atoms. The minimum absolute atomic E-state index is 0.173. The standard InChI is InChI=1S/C11H3F6NO3/c12-10(13,14)3-1-4(11(15,16)17)6-5(2-3)18-9(21)8(20)7(6)19/h1-2H,(H,18,21). The number of alkyl halides is 6. The maximum atomic E-state index is 12.8. The molecule has 10 heteroatoms. The van der Waals surface area contributed by atoms with Crippen molar-refractivity contribution in [2.24, 2.45) is 0 Å². The molecule has 0 spiro atoms. The summed E-state index contributed by atoms with van der Waals surface area (Å²) in [5.41, 5.74) is -5.91. The van der Waals surface area contributed by atoms with Crippen LogP contribution in [-0.4, -0.2) is 17.5 Å². The van der Waals surface area contributed by atoms with Crippen LogP contribution in [0.25, 0.3) is 0 Å². The van der Waals surface area contributed by atoms with Crippen molar-refractivity contribution in [1.82, 2.24) is 0 Å². The molecule has 0 atom stereocenters. The van der Waals surface area contributed by atoms with E-state index in [1.807, 2.05) is 0 Å². The number of carbonyl (C=O) groups is 3. The Balaban J connectivity index is 2.81. The fourth-order valence-corrected chi connectivity index (χ4v) is 1.77. The summed E-state index contributed by atoms with van der Waals surface area (Å²) in [6.07, 6.45) is -10.4. The minimum Gasteiger partial charge on any atom is -0.318 e. The molecule has 1 aromatic rings. The summed E-state index contributed by atoms with van der Waals surface area (Å²) in [5.74, 6) is -5.15. The first-order valence-corrected chi connectivity index (χ1v) is 5.15. The molecular weight excluding hydrogens is 308 g/mol. The van der Waals surface area contributed by atoms with Gasteiger partial charge in [0.1, 0.15) is 0 Å². The smallest absolute Gasteiger partial charge is 0.318 e. The largest absolute Gasteiger partial charge is 0.417 e. The van der Waals surface area contributed by atoms with Crippen molar-refractivity contribution in [3.8, 4) is 0 Å². The van der Waals surface area contributed by atoms with Crippen molar-refractivity contribution >= 4 is 23.2 Å². The van der Waals surface area contributed by atoms with Crippen molar-refractivity contribution in [1.29, 1.82) is 0 Å². The predicted molar refractivity (Wildman–Crippen MR) is 54.4 cm³/mol. The van der Waals surface area contributed by atoms with Gasteiger partial charge in [-0.05, 0) is 12.1 Å². The van der Waals surface area contributed by atoms with Gasteiger partial charge in [-0.15, -0.1) is 0 Å². The van der Waals surface area contributed by atoms with Crippen LogP contribution in [0.5, 0.6) is 0 Å². The number of halogens is 6. The molecular formula is C11H3F6NO3. The van der Waals surface area contributed by atoms with Gasteiger partial charge in [-0.1, -0.05) is 0 Å². The summed E-state index contributed by atoms with van der Waals surface area (Å²) in [4.78, 5) is 33.6. The second kappa shape index (κ2) is 4.30. The number of nitrogens with one attached hydrogen (secondary N) is 1. The first-order chi connectivity index (χ1) is 9.43. The molecule has 0 aromatic heterocycles. The van der Waals surface area contributed by atoms with E-state index in [1.54, 1.807) is 5.32 Å². The van der Waals surface area contributed by atoms with Crippen LogP contribution in [0.15, 0.2) is 12.1 Å². The number of benzene rings is 1. The highest BCUT2D eigenvalue weighted by Gasteiger charge is 2.45. The van der Waals surface area contributed by atoms with Gasteiger partial charge in [-0.3, -0.25) is 14.4 Å². The van der Waals surface area contributed by atoms with Crippen LogP contribution >= 0.6 is 0 Å². The Bertz CT molecular complexity index is 674. The Morgan fingerprint density at radius 3 is 1.86 bits per heavy atom. The van der Waals surface area contributed by atoms with Crippen LogP contribution in [0.1, 0.15) is 21.5 Å². The molecule has 0 unspecified atom stereocenters. The van der Waals surface area contributed by atoms with E-state index in [1.165, 1.54) is 0 Å². The van der Waals surface area contributed by atoms with Crippen LogP contribution in [0, 0.1) is 0 Å². The van der Waals surface area contributed by atoms with Crippen molar-refractivity contribution < 1.29 is 40.7 Å². The monoisotopic (exact) mass is 311 g/mol. The average Bonchev–Trinajstić information content (AvgIpc) is 2.32. The second-order valence-corrected chi connectivity index (χ2v) is 4.05. The molecule has 4 nitrogen and oxygen atoms in total. The summed E-state index contributed by atoms with van der Waals surface area (Å²) in [6, 6.07) is -0.103. The van der Waals surface area contributed by atoms with Crippen molar-refractivity contribution in [3.63, 3.8) is 0 Å². The van der Waals surface area contributed by atoms with E-state index >= 15 is 0 Å². The zero-order chi connectivity index (χ0) is 16.2. The molecule has 0 saturated heterocycles. The lowest BCUT2D eigenvalue weighted by Gasteiger charge is -2.21. The predicted octanol–water partition coefficient (Wildman–Crippen LogP) is 2.43.